The molecule has 0 fully saturated rings. The third-order valence-electron chi connectivity index (χ3n) is 3.86. The molecule has 3 rings (SSSR count). The molecule has 0 bridgehead atoms. The highest BCUT2D eigenvalue weighted by molar-refractivity contribution is 5.68. The minimum atomic E-state index is -0.465. The van der Waals surface area contributed by atoms with Crippen molar-refractivity contribution in [2.45, 2.75) is 46.3 Å². The maximum absolute atomic E-state index is 12.3. The molecule has 122 valence electrons. The van der Waals surface area contributed by atoms with Gasteiger partial charge in [0, 0.05) is 25.0 Å². The van der Waals surface area contributed by atoms with Crippen molar-refractivity contribution in [2.75, 3.05) is 6.54 Å². The molecule has 2 heterocycles. The van der Waals surface area contributed by atoms with Crippen molar-refractivity contribution < 1.29 is 9.53 Å². The van der Waals surface area contributed by atoms with E-state index in [4.69, 9.17) is 4.74 Å². The summed E-state index contributed by atoms with van der Waals surface area (Å²) in [7, 11) is 0. The average molecular weight is 313 g/mol. The normalized spacial score (nSPS) is 14.5. The van der Waals surface area contributed by atoms with E-state index in [0.29, 0.717) is 13.1 Å². The SMILES string of the molecule is Cc1cn(-c2ccc3c(c2)CN(C(=O)OC(C)(C)C)CC3)cn1. The number of hydrogen-bond donors (Lipinski definition) is 0. The van der Waals surface area contributed by atoms with E-state index >= 15 is 0 Å². The van der Waals surface area contributed by atoms with E-state index in [1.54, 1.807) is 4.90 Å². The van der Waals surface area contributed by atoms with E-state index in [2.05, 4.69) is 23.2 Å². The fraction of sp³-hybridized carbons (Fsp3) is 0.444. The summed E-state index contributed by atoms with van der Waals surface area (Å²) in [5.41, 5.74) is 4.05. The van der Waals surface area contributed by atoms with Crippen LogP contribution in [-0.2, 0) is 17.7 Å². The highest BCUT2D eigenvalue weighted by Gasteiger charge is 2.25. The zero-order chi connectivity index (χ0) is 16.6. The lowest BCUT2D eigenvalue weighted by molar-refractivity contribution is 0.0224. The second-order valence-electron chi connectivity index (χ2n) is 7.03. The molecule has 0 radical (unpaired) electrons. The molecule has 0 unspecified atom stereocenters. The molecule has 0 saturated carbocycles. The topological polar surface area (TPSA) is 47.4 Å². The van der Waals surface area contributed by atoms with E-state index in [9.17, 15) is 4.79 Å². The van der Waals surface area contributed by atoms with Crippen molar-refractivity contribution in [3.8, 4) is 5.69 Å². The van der Waals surface area contributed by atoms with Gasteiger partial charge in [0.15, 0.2) is 0 Å². The molecule has 1 aliphatic rings. The average Bonchev–Trinajstić information content (AvgIpc) is 2.91. The van der Waals surface area contributed by atoms with Gasteiger partial charge in [-0.1, -0.05) is 6.07 Å². The van der Waals surface area contributed by atoms with Gasteiger partial charge < -0.3 is 14.2 Å². The molecule has 1 aromatic heterocycles. The minimum absolute atomic E-state index is 0.243. The van der Waals surface area contributed by atoms with Gasteiger partial charge >= 0.3 is 6.09 Å². The molecule has 0 atom stereocenters. The summed E-state index contributed by atoms with van der Waals surface area (Å²) in [4.78, 5) is 18.3. The highest BCUT2D eigenvalue weighted by atomic mass is 16.6. The van der Waals surface area contributed by atoms with Crippen LogP contribution in [0.3, 0.4) is 0 Å². The second kappa shape index (κ2) is 5.72. The fourth-order valence-electron chi connectivity index (χ4n) is 2.75. The highest BCUT2D eigenvalue weighted by Crippen LogP contribution is 2.23. The summed E-state index contributed by atoms with van der Waals surface area (Å²) in [6.07, 6.45) is 4.42. The van der Waals surface area contributed by atoms with Gasteiger partial charge in [-0.25, -0.2) is 9.78 Å². The number of fused-ring (bicyclic) bond motifs is 1. The first-order chi connectivity index (χ1) is 10.8. The summed E-state index contributed by atoms with van der Waals surface area (Å²) in [6.45, 7) is 8.93. The van der Waals surface area contributed by atoms with Crippen LogP contribution in [0.5, 0.6) is 0 Å². The Hall–Kier alpha value is -2.30. The number of aromatic nitrogens is 2. The fourth-order valence-corrected chi connectivity index (χ4v) is 2.75. The van der Waals surface area contributed by atoms with Gasteiger partial charge in [0.2, 0.25) is 0 Å². The number of aryl methyl sites for hydroxylation is 1. The quantitative estimate of drug-likeness (QED) is 0.810. The zero-order valence-corrected chi connectivity index (χ0v) is 14.2. The Morgan fingerprint density at radius 2 is 2.04 bits per heavy atom. The van der Waals surface area contributed by atoms with Crippen molar-refractivity contribution in [1.82, 2.24) is 14.5 Å². The first kappa shape index (κ1) is 15.6. The molecule has 0 aliphatic carbocycles. The minimum Gasteiger partial charge on any atom is -0.444 e. The van der Waals surface area contributed by atoms with Crippen LogP contribution in [-0.4, -0.2) is 32.7 Å². The molecule has 23 heavy (non-hydrogen) atoms. The Balaban J connectivity index is 1.80. The third-order valence-corrected chi connectivity index (χ3v) is 3.86. The van der Waals surface area contributed by atoms with Gasteiger partial charge in [-0.3, -0.25) is 0 Å². The number of nitrogens with zero attached hydrogens (tertiary/aromatic N) is 3. The van der Waals surface area contributed by atoms with Gasteiger partial charge in [0.05, 0.1) is 12.0 Å². The van der Waals surface area contributed by atoms with E-state index < -0.39 is 5.60 Å². The number of rotatable bonds is 1. The van der Waals surface area contributed by atoms with Crippen LogP contribution < -0.4 is 0 Å². The smallest absolute Gasteiger partial charge is 0.410 e. The summed E-state index contributed by atoms with van der Waals surface area (Å²) in [5.74, 6) is 0. The monoisotopic (exact) mass is 313 g/mol. The van der Waals surface area contributed by atoms with Crippen LogP contribution in [0.1, 0.15) is 37.6 Å². The number of carbonyl (C=O) groups excluding carboxylic acids is 1. The summed E-state index contributed by atoms with van der Waals surface area (Å²) in [5, 5.41) is 0. The lowest BCUT2D eigenvalue weighted by Gasteiger charge is -2.31. The van der Waals surface area contributed by atoms with Crippen LogP contribution in [0.2, 0.25) is 0 Å². The number of amides is 1. The molecule has 1 amide bonds. The first-order valence-electron chi connectivity index (χ1n) is 7.92. The van der Waals surface area contributed by atoms with Crippen molar-refractivity contribution in [3.63, 3.8) is 0 Å². The zero-order valence-electron chi connectivity index (χ0n) is 14.2. The summed E-state index contributed by atoms with van der Waals surface area (Å²) in [6, 6.07) is 6.38. The van der Waals surface area contributed by atoms with Crippen molar-refractivity contribution in [1.29, 1.82) is 0 Å². The van der Waals surface area contributed by atoms with E-state index in [-0.39, 0.29) is 6.09 Å². The van der Waals surface area contributed by atoms with Crippen LogP contribution in [0.15, 0.2) is 30.7 Å². The van der Waals surface area contributed by atoms with Gasteiger partial charge in [0.25, 0.3) is 0 Å². The standard InChI is InChI=1S/C18H23N3O2/c1-13-10-21(12-19-13)16-6-5-14-7-8-20(11-15(14)9-16)17(22)23-18(2,3)4/h5-6,9-10,12H,7-8,11H2,1-4H3. The van der Waals surface area contributed by atoms with Crippen LogP contribution in [0.25, 0.3) is 5.69 Å². The van der Waals surface area contributed by atoms with Crippen LogP contribution in [0.4, 0.5) is 4.79 Å². The maximum Gasteiger partial charge on any atom is 0.410 e. The molecule has 2 aromatic rings. The lowest BCUT2D eigenvalue weighted by atomic mass is 9.99. The van der Waals surface area contributed by atoms with Crippen LogP contribution in [0, 0.1) is 6.92 Å². The summed E-state index contributed by atoms with van der Waals surface area (Å²) < 4.78 is 7.48. The van der Waals surface area contributed by atoms with Crippen molar-refractivity contribution in [2.24, 2.45) is 0 Å². The van der Waals surface area contributed by atoms with Crippen molar-refractivity contribution in [3.05, 3.63) is 47.5 Å². The van der Waals surface area contributed by atoms with E-state index in [1.807, 2.05) is 44.8 Å². The third kappa shape index (κ3) is 3.55. The number of imidazole rings is 1. The Kier molecular flexibility index (Phi) is 3.88. The van der Waals surface area contributed by atoms with Gasteiger partial charge in [0.1, 0.15) is 5.60 Å². The number of ether oxygens (including phenoxy) is 1. The molecule has 5 nitrogen and oxygen atoms in total. The number of benzene rings is 1. The number of hydrogen-bond acceptors (Lipinski definition) is 3. The molecule has 1 aromatic carbocycles. The Morgan fingerprint density at radius 3 is 2.70 bits per heavy atom. The Morgan fingerprint density at radius 1 is 1.26 bits per heavy atom. The summed E-state index contributed by atoms with van der Waals surface area (Å²) >= 11 is 0. The predicted octanol–water partition coefficient (Wildman–Crippen LogP) is 3.47. The second-order valence-corrected chi connectivity index (χ2v) is 7.03. The Labute approximate surface area is 136 Å². The Bertz CT molecular complexity index is 728. The van der Waals surface area contributed by atoms with Gasteiger partial charge in [-0.15, -0.1) is 0 Å². The predicted molar refractivity (Wildman–Crippen MR) is 88.6 cm³/mol. The molecule has 0 spiro atoms. The van der Waals surface area contributed by atoms with Gasteiger partial charge in [-0.05, 0) is 57.4 Å². The molecule has 0 saturated heterocycles. The molecule has 0 N–H and O–H groups in total. The van der Waals surface area contributed by atoms with Crippen molar-refractivity contribution >= 4 is 6.09 Å². The molecular weight excluding hydrogens is 290 g/mol. The lowest BCUT2D eigenvalue weighted by Crippen LogP contribution is -2.39. The van der Waals surface area contributed by atoms with E-state index in [1.165, 1.54) is 11.1 Å². The maximum atomic E-state index is 12.3. The largest absolute Gasteiger partial charge is 0.444 e. The molecule has 5 heteroatoms. The van der Waals surface area contributed by atoms with Crippen LogP contribution >= 0.6 is 0 Å². The van der Waals surface area contributed by atoms with Gasteiger partial charge in [-0.2, -0.15) is 0 Å². The molecular formula is C18H23N3O2. The first-order valence-corrected chi connectivity index (χ1v) is 7.92. The van der Waals surface area contributed by atoms with E-state index in [0.717, 1.165) is 17.8 Å². The molecule has 1 aliphatic heterocycles. The number of carbonyl (C=O) groups is 1.